The Kier molecular flexibility index (Phi) is 3.96. The van der Waals surface area contributed by atoms with Crippen molar-refractivity contribution in [1.29, 1.82) is 0 Å². The van der Waals surface area contributed by atoms with E-state index in [-0.39, 0.29) is 18.4 Å². The second kappa shape index (κ2) is 5.95. The molecule has 0 saturated heterocycles. The number of sulfonamides is 1. The molecule has 2 aliphatic rings. The molecule has 3 heterocycles. The number of aromatic nitrogens is 3. The van der Waals surface area contributed by atoms with Crippen molar-refractivity contribution in [3.63, 3.8) is 0 Å². The summed E-state index contributed by atoms with van der Waals surface area (Å²) < 4.78 is 28.6. The van der Waals surface area contributed by atoms with E-state index in [1.807, 2.05) is 17.8 Å². The summed E-state index contributed by atoms with van der Waals surface area (Å²) in [4.78, 5) is 13.3. The van der Waals surface area contributed by atoms with Gasteiger partial charge in [-0.25, -0.2) is 13.1 Å². The zero-order valence-electron chi connectivity index (χ0n) is 15.0. The van der Waals surface area contributed by atoms with Crippen LogP contribution in [-0.4, -0.2) is 45.8 Å². The van der Waals surface area contributed by atoms with E-state index in [9.17, 15) is 13.2 Å². The first-order chi connectivity index (χ1) is 12.3. The molecule has 4 rings (SSSR count). The van der Waals surface area contributed by atoms with Gasteiger partial charge in [0.05, 0.1) is 24.4 Å². The number of hydrogen-bond donors (Lipinski definition) is 1. The van der Waals surface area contributed by atoms with Gasteiger partial charge in [0, 0.05) is 31.5 Å². The van der Waals surface area contributed by atoms with E-state index >= 15 is 0 Å². The molecule has 2 aromatic rings. The number of nitrogens with two attached hydrogens (primary N) is 1. The lowest BCUT2D eigenvalue weighted by Crippen LogP contribution is -2.37. The van der Waals surface area contributed by atoms with Crippen LogP contribution in [0.4, 0.5) is 5.82 Å². The first-order valence-corrected chi connectivity index (χ1v) is 10.6. The van der Waals surface area contributed by atoms with Gasteiger partial charge in [-0.05, 0) is 36.8 Å². The fourth-order valence-electron chi connectivity index (χ4n) is 4.13. The summed E-state index contributed by atoms with van der Waals surface area (Å²) in [7, 11) is -1.38. The van der Waals surface area contributed by atoms with E-state index in [4.69, 9.17) is 5.73 Å². The van der Waals surface area contributed by atoms with Crippen LogP contribution in [0.25, 0.3) is 0 Å². The Balaban J connectivity index is 1.73. The Hall–Kier alpha value is -2.13. The summed E-state index contributed by atoms with van der Waals surface area (Å²) in [6, 6.07) is 0. The molecule has 8 nitrogen and oxygen atoms in total. The lowest BCUT2D eigenvalue weighted by atomic mass is 9.85. The Morgan fingerprint density at radius 2 is 2.08 bits per heavy atom. The molecule has 0 spiro atoms. The van der Waals surface area contributed by atoms with Crippen molar-refractivity contribution in [2.75, 3.05) is 18.5 Å². The summed E-state index contributed by atoms with van der Waals surface area (Å²) in [6.45, 7) is 0.501. The van der Waals surface area contributed by atoms with Gasteiger partial charge in [0.1, 0.15) is 5.82 Å². The van der Waals surface area contributed by atoms with Crippen LogP contribution < -0.4 is 5.73 Å². The van der Waals surface area contributed by atoms with Gasteiger partial charge >= 0.3 is 0 Å². The van der Waals surface area contributed by atoms with Gasteiger partial charge in [0.15, 0.2) is 0 Å². The second-order valence-corrected chi connectivity index (χ2v) is 9.24. The summed E-state index contributed by atoms with van der Waals surface area (Å²) in [5, 5.41) is 4.28. The monoisotopic (exact) mass is 377 g/mol. The average Bonchev–Trinajstić information content (AvgIpc) is 3.12. The summed E-state index contributed by atoms with van der Waals surface area (Å²) in [5.41, 5.74) is 9.67. The second-order valence-electron chi connectivity index (χ2n) is 7.26. The SMILES string of the molecule is Cn1cc2c(c1)C(C(=O)n1nc(N)c3c1CN(S(C)(=O)=O)CC3)CCC2. The normalized spacial score (nSPS) is 20.6. The Morgan fingerprint density at radius 3 is 2.81 bits per heavy atom. The minimum atomic E-state index is -3.34. The average molecular weight is 377 g/mol. The van der Waals surface area contributed by atoms with Crippen molar-refractivity contribution < 1.29 is 13.2 Å². The first-order valence-electron chi connectivity index (χ1n) is 8.76. The van der Waals surface area contributed by atoms with Crippen LogP contribution in [0, 0.1) is 0 Å². The zero-order valence-corrected chi connectivity index (χ0v) is 15.8. The van der Waals surface area contributed by atoms with Crippen molar-refractivity contribution in [2.24, 2.45) is 7.05 Å². The van der Waals surface area contributed by atoms with Gasteiger partial charge in [0.25, 0.3) is 5.91 Å². The number of nitrogens with zero attached hydrogens (tertiary/aromatic N) is 4. The molecule has 2 aromatic heterocycles. The lowest BCUT2D eigenvalue weighted by Gasteiger charge is -2.26. The van der Waals surface area contributed by atoms with E-state index in [0.29, 0.717) is 24.5 Å². The standard InChI is InChI=1S/C17H23N5O3S/c1-20-8-11-4-3-5-12(14(11)9-20)17(23)22-15-10-21(26(2,24)25)7-6-13(15)16(18)19-22/h8-9,12H,3-7,10H2,1-2H3,(H2,18,19). The minimum absolute atomic E-state index is 0.125. The van der Waals surface area contributed by atoms with Crippen LogP contribution in [0.15, 0.2) is 12.4 Å². The molecule has 2 N–H and O–H groups in total. The molecule has 9 heteroatoms. The summed E-state index contributed by atoms with van der Waals surface area (Å²) in [5.74, 6) is -0.0667. The van der Waals surface area contributed by atoms with E-state index in [2.05, 4.69) is 11.3 Å². The largest absolute Gasteiger partial charge is 0.382 e. The van der Waals surface area contributed by atoms with Gasteiger partial charge in [0.2, 0.25) is 10.0 Å². The van der Waals surface area contributed by atoms with Crippen molar-refractivity contribution in [1.82, 2.24) is 18.7 Å². The number of hydrogen-bond acceptors (Lipinski definition) is 5. The third kappa shape index (κ3) is 2.75. The van der Waals surface area contributed by atoms with Gasteiger partial charge < -0.3 is 10.3 Å². The number of nitrogen functional groups attached to an aromatic ring is 1. The molecular weight excluding hydrogens is 354 g/mol. The number of fused-ring (bicyclic) bond motifs is 2. The van der Waals surface area contributed by atoms with Gasteiger partial charge in [-0.15, -0.1) is 5.10 Å². The van der Waals surface area contributed by atoms with Crippen LogP contribution in [0.5, 0.6) is 0 Å². The molecular formula is C17H23N5O3S. The van der Waals surface area contributed by atoms with Crippen molar-refractivity contribution in [3.8, 4) is 0 Å². The van der Waals surface area contributed by atoms with E-state index < -0.39 is 10.0 Å². The third-order valence-electron chi connectivity index (χ3n) is 5.42. The molecule has 0 fully saturated rings. The number of aryl methyl sites for hydroxylation is 2. The van der Waals surface area contributed by atoms with E-state index in [1.54, 1.807) is 0 Å². The van der Waals surface area contributed by atoms with Crippen LogP contribution in [0.2, 0.25) is 0 Å². The van der Waals surface area contributed by atoms with Gasteiger partial charge in [-0.1, -0.05) is 0 Å². The topological polar surface area (TPSA) is 103 Å². The fraction of sp³-hybridized carbons (Fsp3) is 0.529. The molecule has 1 aliphatic carbocycles. The molecule has 0 bridgehead atoms. The molecule has 26 heavy (non-hydrogen) atoms. The van der Waals surface area contributed by atoms with Crippen LogP contribution in [0.3, 0.4) is 0 Å². The van der Waals surface area contributed by atoms with Crippen molar-refractivity contribution in [2.45, 2.75) is 38.1 Å². The molecule has 1 atom stereocenters. The van der Waals surface area contributed by atoms with Crippen molar-refractivity contribution in [3.05, 3.63) is 34.8 Å². The molecule has 0 radical (unpaired) electrons. The maximum absolute atomic E-state index is 13.3. The number of carbonyl (C=O) groups is 1. The quantitative estimate of drug-likeness (QED) is 0.837. The predicted molar refractivity (Wildman–Crippen MR) is 97.3 cm³/mol. The molecule has 140 valence electrons. The zero-order chi connectivity index (χ0) is 18.6. The highest BCUT2D eigenvalue weighted by Crippen LogP contribution is 2.35. The third-order valence-corrected chi connectivity index (χ3v) is 6.67. The number of rotatable bonds is 2. The Labute approximate surface area is 152 Å². The van der Waals surface area contributed by atoms with Gasteiger partial charge in [-0.2, -0.15) is 4.31 Å². The predicted octanol–water partition coefficient (Wildman–Crippen LogP) is 0.882. The minimum Gasteiger partial charge on any atom is -0.382 e. The number of carbonyl (C=O) groups excluding carboxylic acids is 1. The first kappa shape index (κ1) is 17.3. The maximum atomic E-state index is 13.3. The highest BCUT2D eigenvalue weighted by atomic mass is 32.2. The molecule has 0 aromatic carbocycles. The van der Waals surface area contributed by atoms with Crippen molar-refractivity contribution >= 4 is 21.7 Å². The fourth-order valence-corrected chi connectivity index (χ4v) is 4.91. The van der Waals surface area contributed by atoms with Crippen LogP contribution >= 0.6 is 0 Å². The number of anilines is 1. The van der Waals surface area contributed by atoms with E-state index in [1.165, 1.54) is 20.8 Å². The Bertz CT molecular complexity index is 988. The Morgan fingerprint density at radius 1 is 1.31 bits per heavy atom. The molecule has 1 unspecified atom stereocenters. The molecule has 1 aliphatic heterocycles. The summed E-state index contributed by atoms with van der Waals surface area (Å²) in [6.07, 6.45) is 8.40. The van der Waals surface area contributed by atoms with Gasteiger partial charge in [-0.3, -0.25) is 4.79 Å². The summed E-state index contributed by atoms with van der Waals surface area (Å²) >= 11 is 0. The smallest absolute Gasteiger partial charge is 0.254 e. The van der Waals surface area contributed by atoms with E-state index in [0.717, 1.165) is 30.4 Å². The molecule has 0 saturated carbocycles. The molecule has 0 amide bonds. The van der Waals surface area contributed by atoms with Crippen LogP contribution in [-0.2, 0) is 36.5 Å². The lowest BCUT2D eigenvalue weighted by molar-refractivity contribution is 0.0845. The highest BCUT2D eigenvalue weighted by molar-refractivity contribution is 7.88. The maximum Gasteiger partial charge on any atom is 0.254 e. The van der Waals surface area contributed by atoms with Crippen LogP contribution in [0.1, 0.15) is 45.9 Å². The highest BCUT2D eigenvalue weighted by Gasteiger charge is 2.34.